The zero-order chi connectivity index (χ0) is 16.9. The molecule has 6 heteroatoms. The zero-order valence-electron chi connectivity index (χ0n) is 13.7. The first-order valence-electron chi connectivity index (χ1n) is 7.86. The Morgan fingerprint density at radius 2 is 2.08 bits per heavy atom. The Morgan fingerprint density at radius 3 is 2.79 bits per heavy atom. The molecule has 1 unspecified atom stereocenters. The number of benzene rings is 1. The van der Waals surface area contributed by atoms with Gasteiger partial charge in [-0.2, -0.15) is 5.10 Å². The number of amides is 1. The van der Waals surface area contributed by atoms with Gasteiger partial charge in [-0.3, -0.25) is 9.69 Å². The highest BCUT2D eigenvalue weighted by Gasteiger charge is 2.37. The second-order valence-electron chi connectivity index (χ2n) is 5.51. The van der Waals surface area contributed by atoms with Crippen LogP contribution < -0.4 is 0 Å². The van der Waals surface area contributed by atoms with E-state index in [-0.39, 0.29) is 11.2 Å². The largest absolute Gasteiger partial charge is 0.284 e. The van der Waals surface area contributed by atoms with Crippen molar-refractivity contribution in [2.45, 2.75) is 32.1 Å². The fourth-order valence-corrected chi connectivity index (χ4v) is 4.05. The molecule has 1 aromatic carbocycles. The maximum Gasteiger partial charge on any atom is 0.242 e. The van der Waals surface area contributed by atoms with Crippen LogP contribution in [0.15, 0.2) is 52.0 Å². The molecule has 4 nitrogen and oxygen atoms in total. The van der Waals surface area contributed by atoms with Crippen molar-refractivity contribution in [1.29, 1.82) is 0 Å². The average Bonchev–Trinajstić information content (AvgIpc) is 3.19. The number of aryl methyl sites for hydroxylation is 1. The summed E-state index contributed by atoms with van der Waals surface area (Å²) in [4.78, 5) is 15.4. The van der Waals surface area contributed by atoms with Crippen molar-refractivity contribution in [3.63, 3.8) is 0 Å². The normalized spacial score (nSPS) is 19.8. The molecular formula is C18H19N3OS2. The lowest BCUT2D eigenvalue weighted by Crippen LogP contribution is -2.31. The lowest BCUT2D eigenvalue weighted by Gasteiger charge is -2.17. The Bertz CT molecular complexity index is 768. The summed E-state index contributed by atoms with van der Waals surface area (Å²) in [6.45, 7) is 4.63. The van der Waals surface area contributed by atoms with Gasteiger partial charge in [0.15, 0.2) is 5.17 Å². The van der Waals surface area contributed by atoms with Gasteiger partial charge in [0, 0.05) is 4.88 Å². The number of hydrogen-bond acceptors (Lipinski definition) is 5. The van der Waals surface area contributed by atoms with Crippen molar-refractivity contribution >= 4 is 40.4 Å². The maximum atomic E-state index is 12.6. The fourth-order valence-electron chi connectivity index (χ4n) is 2.45. The van der Waals surface area contributed by atoms with Crippen molar-refractivity contribution in [2.75, 3.05) is 0 Å². The van der Waals surface area contributed by atoms with Gasteiger partial charge in [0.25, 0.3) is 0 Å². The Labute approximate surface area is 150 Å². The van der Waals surface area contributed by atoms with Gasteiger partial charge in [0.05, 0.1) is 18.0 Å². The molecule has 2 aromatic rings. The summed E-state index contributed by atoms with van der Waals surface area (Å²) in [5, 5.41) is 11.1. The number of thiophene rings is 1. The zero-order valence-corrected chi connectivity index (χ0v) is 15.3. The summed E-state index contributed by atoms with van der Waals surface area (Å²) in [7, 11) is 0. The smallest absolute Gasteiger partial charge is 0.242 e. The monoisotopic (exact) mass is 357 g/mol. The topological polar surface area (TPSA) is 45.0 Å². The quantitative estimate of drug-likeness (QED) is 0.591. The minimum absolute atomic E-state index is 0.0651. The van der Waals surface area contributed by atoms with E-state index in [2.05, 4.69) is 29.3 Å². The van der Waals surface area contributed by atoms with Crippen LogP contribution in [-0.4, -0.2) is 27.4 Å². The second-order valence-corrected chi connectivity index (χ2v) is 7.66. The summed E-state index contributed by atoms with van der Waals surface area (Å²) in [5.41, 5.74) is 2.31. The lowest BCUT2D eigenvalue weighted by atomic mass is 10.1. The van der Waals surface area contributed by atoms with Crippen LogP contribution in [0.5, 0.6) is 0 Å². The third-order valence-electron chi connectivity index (χ3n) is 3.85. The van der Waals surface area contributed by atoms with Crippen molar-refractivity contribution in [2.24, 2.45) is 10.2 Å². The molecule has 1 fully saturated rings. The van der Waals surface area contributed by atoms with E-state index in [1.54, 1.807) is 22.5 Å². The number of nitrogens with zero attached hydrogens (tertiary/aromatic N) is 3. The van der Waals surface area contributed by atoms with Crippen molar-refractivity contribution in [3.8, 4) is 0 Å². The highest BCUT2D eigenvalue weighted by atomic mass is 32.2. The van der Waals surface area contributed by atoms with E-state index >= 15 is 0 Å². The molecule has 1 atom stereocenters. The first kappa shape index (κ1) is 16.9. The summed E-state index contributed by atoms with van der Waals surface area (Å²) in [6, 6.07) is 12.1. The van der Waals surface area contributed by atoms with Gasteiger partial charge in [-0.1, -0.05) is 49.0 Å². The second kappa shape index (κ2) is 7.77. The van der Waals surface area contributed by atoms with E-state index in [0.717, 1.165) is 16.9 Å². The number of rotatable bonds is 5. The van der Waals surface area contributed by atoms with Gasteiger partial charge in [0.1, 0.15) is 0 Å². The van der Waals surface area contributed by atoms with E-state index in [0.29, 0.717) is 11.7 Å². The van der Waals surface area contributed by atoms with Crippen molar-refractivity contribution in [1.82, 2.24) is 4.90 Å². The molecule has 124 valence electrons. The third-order valence-corrected chi connectivity index (χ3v) is 5.99. The molecule has 1 saturated heterocycles. The standard InChI is InChI=1S/C18H19N3OS2/c1-3-16-17(22)21(12-14-8-5-4-7-13(14)2)18(24-16)20-19-11-15-9-6-10-23-15/h4-11,16H,3,12H2,1-2H3/b19-11+,20-18+. The van der Waals surface area contributed by atoms with E-state index in [1.807, 2.05) is 36.6 Å². The summed E-state index contributed by atoms with van der Waals surface area (Å²) in [6.07, 6.45) is 2.52. The van der Waals surface area contributed by atoms with E-state index in [9.17, 15) is 4.79 Å². The average molecular weight is 358 g/mol. The molecule has 2 heterocycles. The molecule has 0 bridgehead atoms. The van der Waals surface area contributed by atoms with Crippen molar-refractivity contribution in [3.05, 3.63) is 57.8 Å². The number of carbonyl (C=O) groups excluding carboxylic acids is 1. The number of amidine groups is 1. The fraction of sp³-hybridized carbons (Fsp3) is 0.278. The Balaban J connectivity index is 1.82. The summed E-state index contributed by atoms with van der Waals surface area (Å²) in [5.74, 6) is 0.121. The highest BCUT2D eigenvalue weighted by Crippen LogP contribution is 2.31. The number of hydrogen-bond donors (Lipinski definition) is 0. The van der Waals surface area contributed by atoms with Crippen LogP contribution in [0.2, 0.25) is 0 Å². The molecule has 0 N–H and O–H groups in total. The molecule has 1 amide bonds. The Hall–Kier alpha value is -1.92. The van der Waals surface area contributed by atoms with Crippen LogP contribution in [0.3, 0.4) is 0 Å². The van der Waals surface area contributed by atoms with Crippen LogP contribution in [0.4, 0.5) is 0 Å². The summed E-state index contributed by atoms with van der Waals surface area (Å²) >= 11 is 3.12. The molecule has 1 aromatic heterocycles. The predicted molar refractivity (Wildman–Crippen MR) is 103 cm³/mol. The van der Waals surface area contributed by atoms with Gasteiger partial charge in [-0.05, 0) is 35.9 Å². The van der Waals surface area contributed by atoms with Crippen molar-refractivity contribution < 1.29 is 4.79 Å². The highest BCUT2D eigenvalue weighted by molar-refractivity contribution is 8.15. The molecule has 0 radical (unpaired) electrons. The predicted octanol–water partition coefficient (Wildman–Crippen LogP) is 4.30. The van der Waals surface area contributed by atoms with E-state index in [1.165, 1.54) is 17.3 Å². The minimum atomic E-state index is -0.0651. The molecule has 0 aliphatic carbocycles. The van der Waals surface area contributed by atoms with Crippen LogP contribution in [0.1, 0.15) is 29.3 Å². The molecular weight excluding hydrogens is 338 g/mol. The lowest BCUT2D eigenvalue weighted by molar-refractivity contribution is -0.126. The van der Waals surface area contributed by atoms with E-state index < -0.39 is 0 Å². The van der Waals surface area contributed by atoms with Gasteiger partial charge in [-0.25, -0.2) is 0 Å². The first-order chi connectivity index (χ1) is 11.7. The molecule has 0 spiro atoms. The minimum Gasteiger partial charge on any atom is -0.284 e. The molecule has 3 rings (SSSR count). The SMILES string of the molecule is CCC1S/C(=N/N=C/c2cccs2)N(Cc2ccccc2C)C1=O. The summed E-state index contributed by atoms with van der Waals surface area (Å²) < 4.78 is 0. The molecule has 1 aliphatic rings. The third kappa shape index (κ3) is 3.76. The molecule has 24 heavy (non-hydrogen) atoms. The van der Waals surface area contributed by atoms with Gasteiger partial charge >= 0.3 is 0 Å². The van der Waals surface area contributed by atoms with Crippen LogP contribution in [0.25, 0.3) is 0 Å². The first-order valence-corrected chi connectivity index (χ1v) is 9.62. The Kier molecular flexibility index (Phi) is 5.48. The Morgan fingerprint density at radius 1 is 1.25 bits per heavy atom. The van der Waals surface area contributed by atoms with Gasteiger partial charge in [-0.15, -0.1) is 16.4 Å². The molecule has 1 aliphatic heterocycles. The number of thioether (sulfide) groups is 1. The van der Waals surface area contributed by atoms with Crippen LogP contribution in [-0.2, 0) is 11.3 Å². The van der Waals surface area contributed by atoms with Crippen LogP contribution in [0, 0.1) is 6.92 Å². The maximum absolute atomic E-state index is 12.6. The molecule has 0 saturated carbocycles. The number of carbonyl (C=O) groups is 1. The van der Waals surface area contributed by atoms with Gasteiger partial charge in [0.2, 0.25) is 5.91 Å². The van der Waals surface area contributed by atoms with Crippen LogP contribution >= 0.6 is 23.1 Å². The van der Waals surface area contributed by atoms with Gasteiger partial charge < -0.3 is 0 Å². The van der Waals surface area contributed by atoms with E-state index in [4.69, 9.17) is 0 Å².